The second-order valence-electron chi connectivity index (χ2n) is 5.00. The second-order valence-corrected chi connectivity index (χ2v) is 5.00. The Kier molecular flexibility index (Phi) is 4.94. The van der Waals surface area contributed by atoms with Gasteiger partial charge in [0.05, 0.1) is 6.10 Å². The van der Waals surface area contributed by atoms with Crippen molar-refractivity contribution in [2.24, 2.45) is 11.7 Å². The minimum Gasteiger partial charge on any atom is -0.490 e. The molecule has 0 aliphatic heterocycles. The van der Waals surface area contributed by atoms with Crippen LogP contribution >= 0.6 is 0 Å². The van der Waals surface area contributed by atoms with Crippen molar-refractivity contribution in [3.05, 3.63) is 29.6 Å². The highest BCUT2D eigenvalue weighted by Crippen LogP contribution is 2.28. The summed E-state index contributed by atoms with van der Waals surface area (Å²) in [5.41, 5.74) is 6.23. The van der Waals surface area contributed by atoms with E-state index in [0.29, 0.717) is 17.2 Å². The first kappa shape index (κ1) is 14.0. The molecule has 1 unspecified atom stereocenters. The Bertz CT molecular complexity index is 363. The van der Waals surface area contributed by atoms with Crippen LogP contribution in [0, 0.1) is 11.7 Å². The van der Waals surface area contributed by atoms with Crippen LogP contribution in [0.1, 0.15) is 45.7 Å². The number of hydrogen-bond donors (Lipinski definition) is 1. The summed E-state index contributed by atoms with van der Waals surface area (Å²) in [6.45, 7) is 8.03. The minimum atomic E-state index is -0.363. The van der Waals surface area contributed by atoms with Crippen molar-refractivity contribution in [3.8, 4) is 5.75 Å². The van der Waals surface area contributed by atoms with Crippen molar-refractivity contribution >= 4 is 0 Å². The molecule has 2 N–H and O–H groups in total. The third-order valence-electron chi connectivity index (χ3n) is 2.60. The first-order valence-corrected chi connectivity index (χ1v) is 6.12. The maximum absolute atomic E-state index is 13.7. The van der Waals surface area contributed by atoms with Gasteiger partial charge in [-0.15, -0.1) is 0 Å². The third kappa shape index (κ3) is 4.00. The van der Waals surface area contributed by atoms with E-state index >= 15 is 0 Å². The van der Waals surface area contributed by atoms with Gasteiger partial charge in [-0.2, -0.15) is 0 Å². The molecule has 1 aromatic rings. The molecule has 0 aliphatic carbocycles. The summed E-state index contributed by atoms with van der Waals surface area (Å²) in [5.74, 6) is 0.819. The van der Waals surface area contributed by atoms with Crippen LogP contribution in [0.25, 0.3) is 0 Å². The second kappa shape index (κ2) is 6.01. The monoisotopic (exact) mass is 239 g/mol. The molecule has 0 radical (unpaired) electrons. The summed E-state index contributed by atoms with van der Waals surface area (Å²) in [5, 5.41) is 0. The fourth-order valence-electron chi connectivity index (χ4n) is 1.99. The van der Waals surface area contributed by atoms with Gasteiger partial charge in [-0.3, -0.25) is 0 Å². The molecule has 0 saturated heterocycles. The highest BCUT2D eigenvalue weighted by Gasteiger charge is 2.16. The summed E-state index contributed by atoms with van der Waals surface area (Å²) in [6, 6.07) is 4.48. The third-order valence-corrected chi connectivity index (χ3v) is 2.60. The van der Waals surface area contributed by atoms with Gasteiger partial charge in [0.2, 0.25) is 0 Å². The van der Waals surface area contributed by atoms with Crippen molar-refractivity contribution in [3.63, 3.8) is 0 Å². The van der Waals surface area contributed by atoms with E-state index in [0.717, 1.165) is 6.42 Å². The van der Waals surface area contributed by atoms with Crippen molar-refractivity contribution in [2.75, 3.05) is 0 Å². The summed E-state index contributed by atoms with van der Waals surface area (Å²) in [7, 11) is 0. The molecule has 0 aromatic heterocycles. The predicted octanol–water partition coefficient (Wildman–Crippen LogP) is 3.66. The average Bonchev–Trinajstić information content (AvgIpc) is 2.15. The highest BCUT2D eigenvalue weighted by molar-refractivity contribution is 5.36. The SMILES string of the molecule is CC(C)CC(C)Oc1cccc(F)c1[C@@H](C)N. The van der Waals surface area contributed by atoms with Crippen LogP contribution < -0.4 is 10.5 Å². The van der Waals surface area contributed by atoms with Crippen LogP contribution in [0.15, 0.2) is 18.2 Å². The topological polar surface area (TPSA) is 35.2 Å². The zero-order chi connectivity index (χ0) is 13.0. The molecule has 3 heteroatoms. The van der Waals surface area contributed by atoms with Crippen molar-refractivity contribution in [1.82, 2.24) is 0 Å². The van der Waals surface area contributed by atoms with Gasteiger partial charge >= 0.3 is 0 Å². The molecule has 0 heterocycles. The van der Waals surface area contributed by atoms with E-state index in [2.05, 4.69) is 13.8 Å². The molecular formula is C14H22FNO. The summed E-state index contributed by atoms with van der Waals surface area (Å²) in [4.78, 5) is 0. The van der Waals surface area contributed by atoms with Crippen molar-refractivity contribution < 1.29 is 9.13 Å². The van der Waals surface area contributed by atoms with E-state index in [1.54, 1.807) is 19.1 Å². The van der Waals surface area contributed by atoms with Gasteiger partial charge in [-0.05, 0) is 38.3 Å². The number of hydrogen-bond acceptors (Lipinski definition) is 2. The molecule has 2 atom stereocenters. The lowest BCUT2D eigenvalue weighted by Crippen LogP contribution is -2.17. The van der Waals surface area contributed by atoms with Crippen LogP contribution in [0.3, 0.4) is 0 Å². The first-order chi connectivity index (χ1) is 7.91. The molecule has 1 rings (SSSR count). The van der Waals surface area contributed by atoms with E-state index < -0.39 is 0 Å². The standard InChI is InChI=1S/C14H22FNO/c1-9(2)8-10(3)17-13-7-5-6-12(15)14(13)11(4)16/h5-7,9-11H,8,16H2,1-4H3/t10?,11-/m1/s1. The maximum atomic E-state index is 13.7. The van der Waals surface area contributed by atoms with E-state index in [1.807, 2.05) is 6.92 Å². The van der Waals surface area contributed by atoms with E-state index in [1.165, 1.54) is 6.07 Å². The number of halogens is 1. The van der Waals surface area contributed by atoms with Crippen LogP contribution in [-0.4, -0.2) is 6.10 Å². The molecule has 0 fully saturated rings. The van der Waals surface area contributed by atoms with Gasteiger partial charge in [0.15, 0.2) is 0 Å². The van der Waals surface area contributed by atoms with Crippen LogP contribution in [-0.2, 0) is 0 Å². The van der Waals surface area contributed by atoms with Gasteiger partial charge in [0, 0.05) is 11.6 Å². The molecule has 0 amide bonds. The normalized spacial score (nSPS) is 14.8. The molecule has 96 valence electrons. The zero-order valence-electron chi connectivity index (χ0n) is 11.0. The van der Waals surface area contributed by atoms with Gasteiger partial charge < -0.3 is 10.5 Å². The first-order valence-electron chi connectivity index (χ1n) is 6.12. The van der Waals surface area contributed by atoms with Gasteiger partial charge in [-0.25, -0.2) is 4.39 Å². The van der Waals surface area contributed by atoms with Crippen LogP contribution in [0.2, 0.25) is 0 Å². The lowest BCUT2D eigenvalue weighted by Gasteiger charge is -2.20. The van der Waals surface area contributed by atoms with E-state index in [4.69, 9.17) is 10.5 Å². The highest BCUT2D eigenvalue weighted by atomic mass is 19.1. The molecule has 17 heavy (non-hydrogen) atoms. The molecule has 0 aliphatic rings. The number of rotatable bonds is 5. The lowest BCUT2D eigenvalue weighted by atomic mass is 10.1. The minimum absolute atomic E-state index is 0.0642. The van der Waals surface area contributed by atoms with Crippen molar-refractivity contribution in [1.29, 1.82) is 0 Å². The van der Waals surface area contributed by atoms with E-state index in [-0.39, 0.29) is 18.0 Å². The average molecular weight is 239 g/mol. The summed E-state index contributed by atoms with van der Waals surface area (Å²) >= 11 is 0. The van der Waals surface area contributed by atoms with Crippen molar-refractivity contribution in [2.45, 2.75) is 46.3 Å². The Morgan fingerprint density at radius 2 is 1.88 bits per heavy atom. The molecule has 0 bridgehead atoms. The maximum Gasteiger partial charge on any atom is 0.131 e. The van der Waals surface area contributed by atoms with Gasteiger partial charge in [-0.1, -0.05) is 19.9 Å². The van der Waals surface area contributed by atoms with Crippen LogP contribution in [0.4, 0.5) is 4.39 Å². The summed E-state index contributed by atoms with van der Waals surface area (Å²) in [6.07, 6.45) is 1.00. The Balaban J connectivity index is 2.87. The smallest absolute Gasteiger partial charge is 0.131 e. The summed E-state index contributed by atoms with van der Waals surface area (Å²) < 4.78 is 19.4. The molecule has 0 spiro atoms. The Labute approximate surface area is 103 Å². The van der Waals surface area contributed by atoms with Crippen LogP contribution in [0.5, 0.6) is 5.75 Å². The quantitative estimate of drug-likeness (QED) is 0.851. The lowest BCUT2D eigenvalue weighted by molar-refractivity contribution is 0.190. The fraction of sp³-hybridized carbons (Fsp3) is 0.571. The number of ether oxygens (including phenoxy) is 1. The molecule has 1 aromatic carbocycles. The van der Waals surface area contributed by atoms with Gasteiger partial charge in [0.25, 0.3) is 0 Å². The number of nitrogens with two attached hydrogens (primary N) is 1. The zero-order valence-corrected chi connectivity index (χ0v) is 11.0. The predicted molar refractivity (Wildman–Crippen MR) is 68.5 cm³/mol. The fourth-order valence-corrected chi connectivity index (χ4v) is 1.99. The molecule has 2 nitrogen and oxygen atoms in total. The Hall–Kier alpha value is -1.09. The molecule has 0 saturated carbocycles. The van der Waals surface area contributed by atoms with Gasteiger partial charge in [0.1, 0.15) is 11.6 Å². The number of benzene rings is 1. The van der Waals surface area contributed by atoms with E-state index in [9.17, 15) is 4.39 Å². The Morgan fingerprint density at radius 3 is 2.41 bits per heavy atom. The molecular weight excluding hydrogens is 217 g/mol. The largest absolute Gasteiger partial charge is 0.490 e. The Morgan fingerprint density at radius 1 is 1.24 bits per heavy atom.